The van der Waals surface area contributed by atoms with E-state index < -0.39 is 16.1 Å². The summed E-state index contributed by atoms with van der Waals surface area (Å²) in [6.45, 7) is 0.305. The van der Waals surface area contributed by atoms with E-state index in [1.165, 1.54) is 7.05 Å². The molecule has 0 aliphatic rings. The number of carbonyl (C=O) groups is 1. The highest BCUT2D eigenvalue weighted by Gasteiger charge is 2.22. The second-order valence-corrected chi connectivity index (χ2v) is 8.65. The molecule has 0 saturated heterocycles. The summed E-state index contributed by atoms with van der Waals surface area (Å²) in [5.74, 6) is 0.264. The van der Waals surface area contributed by atoms with Crippen molar-refractivity contribution < 1.29 is 17.9 Å². The third kappa shape index (κ3) is 6.17. The molecule has 1 atom stereocenters. The van der Waals surface area contributed by atoms with Gasteiger partial charge in [-0.05, 0) is 30.3 Å². The highest BCUT2D eigenvalue weighted by atomic mass is 32.2. The molecule has 0 aliphatic carbocycles. The van der Waals surface area contributed by atoms with Crippen molar-refractivity contribution in [3.8, 4) is 5.75 Å². The highest BCUT2D eigenvalue weighted by Crippen LogP contribution is 2.22. The number of hydrogen-bond donors (Lipinski definition) is 2. The lowest BCUT2D eigenvalue weighted by atomic mass is 10.1. The summed E-state index contributed by atoms with van der Waals surface area (Å²) in [5.41, 5.74) is 2.29. The van der Waals surface area contributed by atoms with E-state index in [9.17, 15) is 13.2 Å². The standard InChI is InChI=1S/C23H24N2O4S/c1-24-30(27,28)17-19-14-12-18(13-15-19)16-25-23(26)22(20-8-4-2-5-9-20)29-21-10-6-3-7-11-21/h2-15,22,24H,16-17H2,1H3,(H,25,26). The first-order valence-corrected chi connectivity index (χ1v) is 11.2. The predicted molar refractivity (Wildman–Crippen MR) is 116 cm³/mol. The van der Waals surface area contributed by atoms with Gasteiger partial charge >= 0.3 is 0 Å². The average molecular weight is 425 g/mol. The molecular weight excluding hydrogens is 400 g/mol. The van der Waals surface area contributed by atoms with Crippen LogP contribution in [0.15, 0.2) is 84.9 Å². The largest absolute Gasteiger partial charge is 0.476 e. The van der Waals surface area contributed by atoms with Gasteiger partial charge in [0, 0.05) is 12.1 Å². The van der Waals surface area contributed by atoms with Crippen LogP contribution < -0.4 is 14.8 Å². The fourth-order valence-electron chi connectivity index (χ4n) is 2.86. The molecule has 0 radical (unpaired) electrons. The van der Waals surface area contributed by atoms with Crippen LogP contribution in [0.2, 0.25) is 0 Å². The van der Waals surface area contributed by atoms with Crippen LogP contribution in [0.3, 0.4) is 0 Å². The Hall–Kier alpha value is -3.16. The maximum absolute atomic E-state index is 12.9. The summed E-state index contributed by atoms with van der Waals surface area (Å²) in [6.07, 6.45) is -0.784. The van der Waals surface area contributed by atoms with Gasteiger partial charge in [0.25, 0.3) is 5.91 Å². The van der Waals surface area contributed by atoms with Crippen molar-refractivity contribution in [3.05, 3.63) is 102 Å². The van der Waals surface area contributed by atoms with Crippen LogP contribution in [-0.4, -0.2) is 21.4 Å². The Bertz CT molecular complexity index is 1050. The lowest BCUT2D eigenvalue weighted by Crippen LogP contribution is -2.32. The number of benzene rings is 3. The lowest BCUT2D eigenvalue weighted by molar-refractivity contribution is -0.128. The van der Waals surface area contributed by atoms with Gasteiger partial charge in [0.05, 0.1) is 5.75 Å². The molecule has 156 valence electrons. The van der Waals surface area contributed by atoms with Crippen LogP contribution >= 0.6 is 0 Å². The summed E-state index contributed by atoms with van der Waals surface area (Å²) in [6, 6.07) is 25.6. The van der Waals surface area contributed by atoms with E-state index in [0.29, 0.717) is 17.9 Å². The van der Waals surface area contributed by atoms with Crippen LogP contribution in [0.4, 0.5) is 0 Å². The monoisotopic (exact) mass is 424 g/mol. The minimum Gasteiger partial charge on any atom is -0.476 e. The van der Waals surface area contributed by atoms with Gasteiger partial charge in [-0.2, -0.15) is 0 Å². The number of rotatable bonds is 9. The van der Waals surface area contributed by atoms with Crippen LogP contribution in [0.5, 0.6) is 5.75 Å². The number of sulfonamides is 1. The average Bonchev–Trinajstić information content (AvgIpc) is 2.78. The van der Waals surface area contributed by atoms with E-state index in [-0.39, 0.29) is 11.7 Å². The molecule has 0 spiro atoms. The summed E-state index contributed by atoms with van der Waals surface area (Å²) in [5, 5.41) is 2.90. The minimum atomic E-state index is -3.32. The van der Waals surface area contributed by atoms with E-state index in [1.54, 1.807) is 36.4 Å². The molecule has 0 bridgehead atoms. The van der Waals surface area contributed by atoms with Gasteiger partial charge in [0.2, 0.25) is 16.1 Å². The molecule has 6 nitrogen and oxygen atoms in total. The molecule has 3 rings (SSSR count). The van der Waals surface area contributed by atoms with Gasteiger partial charge in [-0.25, -0.2) is 13.1 Å². The molecule has 1 amide bonds. The second-order valence-electron chi connectivity index (χ2n) is 6.72. The number of amides is 1. The Morgan fingerprint density at radius 2 is 1.43 bits per heavy atom. The Kier molecular flexibility index (Phi) is 7.21. The number of hydrogen-bond acceptors (Lipinski definition) is 4. The lowest BCUT2D eigenvalue weighted by Gasteiger charge is -2.19. The van der Waals surface area contributed by atoms with Crippen molar-refractivity contribution >= 4 is 15.9 Å². The molecule has 0 fully saturated rings. The molecule has 0 aromatic heterocycles. The van der Waals surface area contributed by atoms with E-state index in [1.807, 2.05) is 48.5 Å². The van der Waals surface area contributed by atoms with Crippen LogP contribution in [-0.2, 0) is 27.1 Å². The Balaban J connectivity index is 1.67. The zero-order valence-corrected chi connectivity index (χ0v) is 17.4. The number of para-hydroxylation sites is 1. The molecule has 1 unspecified atom stereocenters. The molecule has 3 aromatic rings. The first kappa shape index (κ1) is 21.5. The third-order valence-electron chi connectivity index (χ3n) is 4.49. The van der Waals surface area contributed by atoms with Crippen molar-refractivity contribution in [2.24, 2.45) is 0 Å². The Labute approximate surface area is 177 Å². The molecular formula is C23H24N2O4S. The van der Waals surface area contributed by atoms with Crippen LogP contribution in [0, 0.1) is 0 Å². The maximum atomic E-state index is 12.9. The molecule has 0 aliphatic heterocycles. The number of carbonyl (C=O) groups excluding carboxylic acids is 1. The van der Waals surface area contributed by atoms with Crippen molar-refractivity contribution in [3.63, 3.8) is 0 Å². The van der Waals surface area contributed by atoms with Gasteiger partial charge in [-0.1, -0.05) is 72.8 Å². The van der Waals surface area contributed by atoms with Crippen molar-refractivity contribution in [2.45, 2.75) is 18.4 Å². The van der Waals surface area contributed by atoms with Gasteiger partial charge in [-0.15, -0.1) is 0 Å². The van der Waals surface area contributed by atoms with E-state index in [4.69, 9.17) is 4.74 Å². The van der Waals surface area contributed by atoms with E-state index >= 15 is 0 Å². The Morgan fingerprint density at radius 3 is 2.03 bits per heavy atom. The quantitative estimate of drug-likeness (QED) is 0.553. The normalized spacial score (nSPS) is 12.2. The number of nitrogens with one attached hydrogen (secondary N) is 2. The summed E-state index contributed by atoms with van der Waals surface area (Å²) < 4.78 is 31.5. The predicted octanol–water partition coefficient (Wildman–Crippen LogP) is 3.17. The topological polar surface area (TPSA) is 84.5 Å². The molecule has 30 heavy (non-hydrogen) atoms. The van der Waals surface area contributed by atoms with Gasteiger partial charge in [0.1, 0.15) is 5.75 Å². The van der Waals surface area contributed by atoms with Crippen molar-refractivity contribution in [1.29, 1.82) is 0 Å². The van der Waals surface area contributed by atoms with E-state index in [2.05, 4.69) is 10.0 Å². The first-order chi connectivity index (χ1) is 14.5. The van der Waals surface area contributed by atoms with E-state index in [0.717, 1.165) is 11.1 Å². The van der Waals surface area contributed by atoms with Crippen molar-refractivity contribution in [2.75, 3.05) is 7.05 Å². The molecule has 3 aromatic carbocycles. The van der Waals surface area contributed by atoms with Crippen LogP contribution in [0.1, 0.15) is 22.8 Å². The van der Waals surface area contributed by atoms with Crippen molar-refractivity contribution in [1.82, 2.24) is 10.0 Å². The summed E-state index contributed by atoms with van der Waals surface area (Å²) in [7, 11) is -1.93. The fourth-order valence-corrected chi connectivity index (χ4v) is 3.64. The van der Waals surface area contributed by atoms with Crippen LogP contribution in [0.25, 0.3) is 0 Å². The second kappa shape index (κ2) is 10.0. The minimum absolute atomic E-state index is 0.0862. The fraction of sp³-hybridized carbons (Fsp3) is 0.174. The molecule has 0 heterocycles. The number of ether oxygens (including phenoxy) is 1. The highest BCUT2D eigenvalue weighted by molar-refractivity contribution is 7.88. The summed E-state index contributed by atoms with van der Waals surface area (Å²) in [4.78, 5) is 12.9. The SMILES string of the molecule is CNS(=O)(=O)Cc1ccc(CNC(=O)C(Oc2ccccc2)c2ccccc2)cc1. The molecule has 0 saturated carbocycles. The molecule has 2 N–H and O–H groups in total. The first-order valence-electron chi connectivity index (χ1n) is 9.50. The Morgan fingerprint density at radius 1 is 0.867 bits per heavy atom. The third-order valence-corrected chi connectivity index (χ3v) is 5.83. The summed E-state index contributed by atoms with van der Waals surface area (Å²) >= 11 is 0. The van der Waals surface area contributed by atoms with Gasteiger partial charge < -0.3 is 10.1 Å². The van der Waals surface area contributed by atoms with Gasteiger partial charge in [-0.3, -0.25) is 4.79 Å². The van der Waals surface area contributed by atoms with Gasteiger partial charge in [0.15, 0.2) is 0 Å². The molecule has 7 heteroatoms. The zero-order valence-electron chi connectivity index (χ0n) is 16.6. The smallest absolute Gasteiger partial charge is 0.266 e. The zero-order chi connectivity index (χ0) is 21.4. The maximum Gasteiger partial charge on any atom is 0.266 e.